The number of ether oxygens (including phenoxy) is 1. The molecule has 4 rings (SSSR count). The normalized spacial score (nSPS) is 34.5. The van der Waals surface area contributed by atoms with Crippen LogP contribution in [0.5, 0.6) is 0 Å². The number of aromatic nitrogens is 2. The average Bonchev–Trinajstić information content (AvgIpc) is 3.11. The van der Waals surface area contributed by atoms with Crippen LogP contribution in [0.4, 0.5) is 0 Å². The SMILES string of the molecule is CC1(C)C(NCC2CCn3ncc(C(N)=O)c3C2)C2CCOC21. The summed E-state index contributed by atoms with van der Waals surface area (Å²) < 4.78 is 7.80. The first-order chi connectivity index (χ1) is 11.0. The zero-order valence-electron chi connectivity index (χ0n) is 13.9. The summed E-state index contributed by atoms with van der Waals surface area (Å²) in [6, 6.07) is 0.539. The lowest BCUT2D eigenvalue weighted by molar-refractivity contribution is -0.113. The molecule has 3 aliphatic rings. The Balaban J connectivity index is 1.39. The molecule has 1 aromatic heterocycles. The van der Waals surface area contributed by atoms with E-state index in [1.54, 1.807) is 6.20 Å². The van der Waals surface area contributed by atoms with Gasteiger partial charge in [0, 0.05) is 30.5 Å². The minimum absolute atomic E-state index is 0.218. The van der Waals surface area contributed by atoms with E-state index in [2.05, 4.69) is 24.3 Å². The van der Waals surface area contributed by atoms with Gasteiger partial charge in [0.15, 0.2) is 0 Å². The van der Waals surface area contributed by atoms with E-state index in [-0.39, 0.29) is 11.3 Å². The first kappa shape index (κ1) is 15.1. The third-order valence-electron chi connectivity index (χ3n) is 6.17. The van der Waals surface area contributed by atoms with Crippen molar-refractivity contribution in [3.05, 3.63) is 17.5 Å². The van der Waals surface area contributed by atoms with E-state index in [1.165, 1.54) is 6.42 Å². The number of hydrogen-bond acceptors (Lipinski definition) is 4. The van der Waals surface area contributed by atoms with Gasteiger partial charge >= 0.3 is 0 Å². The molecule has 3 heterocycles. The average molecular weight is 318 g/mol. The zero-order chi connectivity index (χ0) is 16.2. The Bertz CT molecular complexity index is 624. The lowest BCUT2D eigenvalue weighted by Gasteiger charge is -2.55. The lowest BCUT2D eigenvalue weighted by Crippen LogP contribution is -2.66. The van der Waals surface area contributed by atoms with Gasteiger partial charge in [-0.1, -0.05) is 13.8 Å². The Morgan fingerprint density at radius 3 is 3.13 bits per heavy atom. The van der Waals surface area contributed by atoms with Crippen molar-refractivity contribution < 1.29 is 9.53 Å². The minimum Gasteiger partial charge on any atom is -0.377 e. The molecule has 1 amide bonds. The number of nitrogens with one attached hydrogen (secondary N) is 1. The van der Waals surface area contributed by atoms with Gasteiger partial charge in [-0.15, -0.1) is 0 Å². The summed E-state index contributed by atoms with van der Waals surface area (Å²) in [6.45, 7) is 7.37. The van der Waals surface area contributed by atoms with E-state index < -0.39 is 0 Å². The summed E-state index contributed by atoms with van der Waals surface area (Å²) in [6.07, 6.45) is 5.19. The molecule has 0 spiro atoms. The van der Waals surface area contributed by atoms with Crippen LogP contribution in [-0.2, 0) is 17.7 Å². The third-order valence-corrected chi connectivity index (χ3v) is 6.17. The highest BCUT2D eigenvalue weighted by Crippen LogP contribution is 2.52. The second-order valence-corrected chi connectivity index (χ2v) is 7.90. The number of primary amides is 1. The van der Waals surface area contributed by atoms with Gasteiger partial charge in [-0.25, -0.2) is 0 Å². The number of nitrogens with zero attached hydrogens (tertiary/aromatic N) is 2. The van der Waals surface area contributed by atoms with E-state index in [9.17, 15) is 4.79 Å². The molecule has 6 nitrogen and oxygen atoms in total. The second kappa shape index (κ2) is 5.31. The fourth-order valence-electron chi connectivity index (χ4n) is 4.91. The predicted molar refractivity (Wildman–Crippen MR) is 86.0 cm³/mol. The molecule has 4 unspecified atom stereocenters. The van der Waals surface area contributed by atoms with Gasteiger partial charge in [-0.3, -0.25) is 9.48 Å². The Hall–Kier alpha value is -1.40. The Morgan fingerprint density at radius 2 is 2.35 bits per heavy atom. The molecule has 1 aromatic rings. The molecule has 1 saturated heterocycles. The van der Waals surface area contributed by atoms with E-state index in [4.69, 9.17) is 10.5 Å². The molecule has 0 aromatic carbocycles. The summed E-state index contributed by atoms with van der Waals surface area (Å²) in [5.41, 5.74) is 7.26. The van der Waals surface area contributed by atoms with Crippen LogP contribution in [0.1, 0.15) is 42.7 Å². The standard InChI is InChI=1S/C17H26N4O2/c1-17(2)14(11-4-6-23-15(11)17)19-8-10-3-5-21-13(7-10)12(9-20-21)16(18)22/h9-11,14-15,19H,3-8H2,1-2H3,(H2,18,22). The number of nitrogens with two attached hydrogens (primary N) is 1. The highest BCUT2D eigenvalue weighted by Gasteiger charge is 2.58. The van der Waals surface area contributed by atoms with Crippen molar-refractivity contribution in [1.82, 2.24) is 15.1 Å². The van der Waals surface area contributed by atoms with Crippen LogP contribution in [0.2, 0.25) is 0 Å². The third kappa shape index (κ3) is 2.31. The molecule has 2 fully saturated rings. The van der Waals surface area contributed by atoms with Gasteiger partial charge in [-0.05, 0) is 31.7 Å². The number of rotatable bonds is 4. The topological polar surface area (TPSA) is 82.2 Å². The van der Waals surface area contributed by atoms with Crippen molar-refractivity contribution in [3.63, 3.8) is 0 Å². The maximum atomic E-state index is 11.5. The monoisotopic (exact) mass is 318 g/mol. The second-order valence-electron chi connectivity index (χ2n) is 7.90. The molecule has 23 heavy (non-hydrogen) atoms. The fourth-order valence-corrected chi connectivity index (χ4v) is 4.91. The number of amides is 1. The number of hydrogen-bond donors (Lipinski definition) is 2. The number of carbonyl (C=O) groups is 1. The molecule has 0 radical (unpaired) electrons. The van der Waals surface area contributed by atoms with Crippen molar-refractivity contribution in [1.29, 1.82) is 0 Å². The van der Waals surface area contributed by atoms with E-state index in [1.807, 2.05) is 4.68 Å². The Kier molecular flexibility index (Phi) is 3.50. The molecule has 1 saturated carbocycles. The van der Waals surface area contributed by atoms with Crippen molar-refractivity contribution in [2.45, 2.75) is 51.8 Å². The molecular weight excluding hydrogens is 292 g/mol. The molecular formula is C17H26N4O2. The summed E-state index contributed by atoms with van der Waals surface area (Å²) >= 11 is 0. The highest BCUT2D eigenvalue weighted by molar-refractivity contribution is 5.93. The maximum Gasteiger partial charge on any atom is 0.252 e. The van der Waals surface area contributed by atoms with Crippen LogP contribution in [-0.4, -0.2) is 41.0 Å². The Labute approximate surface area is 136 Å². The van der Waals surface area contributed by atoms with Crippen molar-refractivity contribution in [2.24, 2.45) is 23.0 Å². The van der Waals surface area contributed by atoms with Crippen LogP contribution in [0.3, 0.4) is 0 Å². The first-order valence-corrected chi connectivity index (χ1v) is 8.68. The van der Waals surface area contributed by atoms with Gasteiger partial charge in [0.2, 0.25) is 0 Å². The van der Waals surface area contributed by atoms with Gasteiger partial charge in [0.25, 0.3) is 5.91 Å². The van der Waals surface area contributed by atoms with Crippen molar-refractivity contribution >= 4 is 5.91 Å². The van der Waals surface area contributed by atoms with E-state index in [0.717, 1.165) is 38.2 Å². The molecule has 2 aliphatic heterocycles. The van der Waals surface area contributed by atoms with Crippen LogP contribution >= 0.6 is 0 Å². The summed E-state index contributed by atoms with van der Waals surface area (Å²) in [5.74, 6) is 0.834. The van der Waals surface area contributed by atoms with Gasteiger partial charge in [0.1, 0.15) is 0 Å². The van der Waals surface area contributed by atoms with Crippen LogP contribution < -0.4 is 11.1 Å². The highest BCUT2D eigenvalue weighted by atomic mass is 16.5. The van der Waals surface area contributed by atoms with Gasteiger partial charge < -0.3 is 15.8 Å². The Morgan fingerprint density at radius 1 is 1.52 bits per heavy atom. The number of fused-ring (bicyclic) bond motifs is 2. The van der Waals surface area contributed by atoms with Crippen LogP contribution in [0, 0.1) is 17.3 Å². The number of aryl methyl sites for hydroxylation is 1. The first-order valence-electron chi connectivity index (χ1n) is 8.68. The molecule has 3 N–H and O–H groups in total. The van der Waals surface area contributed by atoms with Gasteiger partial charge in [0.05, 0.1) is 23.6 Å². The zero-order valence-corrected chi connectivity index (χ0v) is 13.9. The van der Waals surface area contributed by atoms with Crippen molar-refractivity contribution in [3.8, 4) is 0 Å². The van der Waals surface area contributed by atoms with E-state index in [0.29, 0.717) is 29.5 Å². The summed E-state index contributed by atoms with van der Waals surface area (Å²) in [5, 5.41) is 8.08. The lowest BCUT2D eigenvalue weighted by atomic mass is 9.57. The van der Waals surface area contributed by atoms with Crippen molar-refractivity contribution in [2.75, 3.05) is 13.2 Å². The molecule has 1 aliphatic carbocycles. The maximum absolute atomic E-state index is 11.5. The largest absolute Gasteiger partial charge is 0.377 e. The predicted octanol–water partition coefficient (Wildman–Crippen LogP) is 0.948. The minimum atomic E-state index is -0.370. The quantitative estimate of drug-likeness (QED) is 0.866. The van der Waals surface area contributed by atoms with E-state index >= 15 is 0 Å². The van der Waals surface area contributed by atoms with Crippen LogP contribution in [0.25, 0.3) is 0 Å². The van der Waals surface area contributed by atoms with Crippen LogP contribution in [0.15, 0.2) is 6.20 Å². The fraction of sp³-hybridized carbons (Fsp3) is 0.765. The molecule has 6 heteroatoms. The molecule has 126 valence electrons. The number of carbonyl (C=O) groups excluding carboxylic acids is 1. The van der Waals surface area contributed by atoms with Gasteiger partial charge in [-0.2, -0.15) is 5.10 Å². The molecule has 4 atom stereocenters. The summed E-state index contributed by atoms with van der Waals surface area (Å²) in [7, 11) is 0. The molecule has 0 bridgehead atoms. The smallest absolute Gasteiger partial charge is 0.252 e. The summed E-state index contributed by atoms with van der Waals surface area (Å²) in [4.78, 5) is 11.5.